The van der Waals surface area contributed by atoms with Gasteiger partial charge in [-0.15, -0.1) is 0 Å². The number of halogens is 5. The molecule has 1 N–H and O–H groups in total. The summed E-state index contributed by atoms with van der Waals surface area (Å²) in [6.07, 6.45) is -3.62. The summed E-state index contributed by atoms with van der Waals surface area (Å²) in [5.74, 6) is -2.45. The second-order valence-electron chi connectivity index (χ2n) is 7.66. The van der Waals surface area contributed by atoms with Crippen molar-refractivity contribution in [2.75, 3.05) is 4.90 Å². The fraction of sp³-hybridized carbons (Fsp3) is 0.0417. The van der Waals surface area contributed by atoms with E-state index >= 15 is 0 Å². The number of carbonyl (C=O) groups excluding carboxylic acids is 3. The van der Waals surface area contributed by atoms with E-state index in [9.17, 15) is 37.7 Å². The van der Waals surface area contributed by atoms with E-state index < -0.39 is 45.9 Å². The number of rotatable bonds is 5. The van der Waals surface area contributed by atoms with Gasteiger partial charge in [-0.2, -0.15) is 13.2 Å². The van der Waals surface area contributed by atoms with Crippen LogP contribution >= 0.6 is 27.5 Å². The fourth-order valence-electron chi connectivity index (χ4n) is 3.38. The normalized spacial score (nSPS) is 15.0. The molecule has 0 atom stereocenters. The molecular formula is C24H12BrClF3N3O6. The highest BCUT2D eigenvalue weighted by Crippen LogP contribution is 2.39. The van der Waals surface area contributed by atoms with Crippen molar-refractivity contribution in [3.05, 3.63) is 97.0 Å². The fourth-order valence-corrected chi connectivity index (χ4v) is 3.87. The Labute approximate surface area is 224 Å². The lowest BCUT2D eigenvalue weighted by atomic mass is 10.1. The molecule has 0 saturated carbocycles. The number of hydrogen-bond acceptors (Lipinski definition) is 6. The van der Waals surface area contributed by atoms with Gasteiger partial charge in [0.15, 0.2) is 0 Å². The molecule has 0 radical (unpaired) electrons. The summed E-state index contributed by atoms with van der Waals surface area (Å²) in [4.78, 5) is 48.7. The first-order valence-electron chi connectivity index (χ1n) is 10.3. The van der Waals surface area contributed by atoms with E-state index in [1.165, 1.54) is 36.4 Å². The van der Waals surface area contributed by atoms with Gasteiger partial charge in [0.2, 0.25) is 5.75 Å². The first kappa shape index (κ1) is 26.8. The monoisotopic (exact) mass is 609 g/mol. The third-order valence-corrected chi connectivity index (χ3v) is 5.98. The van der Waals surface area contributed by atoms with Crippen LogP contribution in [-0.2, 0) is 15.8 Å². The summed E-state index contributed by atoms with van der Waals surface area (Å²) in [6, 6.07) is 10.9. The number of nitro benzene ring substituents is 1. The molecule has 9 nitrogen and oxygen atoms in total. The number of nitrogens with one attached hydrogen (secondary N) is 1. The van der Waals surface area contributed by atoms with Gasteiger partial charge in [-0.25, -0.2) is 9.69 Å². The zero-order valence-electron chi connectivity index (χ0n) is 18.6. The van der Waals surface area contributed by atoms with Gasteiger partial charge in [0, 0.05) is 10.5 Å². The quantitative estimate of drug-likeness (QED) is 0.153. The molecule has 194 valence electrons. The molecule has 3 aromatic rings. The lowest BCUT2D eigenvalue weighted by Crippen LogP contribution is -2.54. The van der Waals surface area contributed by atoms with E-state index in [1.807, 2.05) is 0 Å². The average Bonchev–Trinajstić information content (AvgIpc) is 2.84. The molecule has 1 saturated heterocycles. The highest BCUT2D eigenvalue weighted by Gasteiger charge is 2.37. The number of carbonyl (C=O) groups is 3. The smallest absolute Gasteiger partial charge is 0.416 e. The van der Waals surface area contributed by atoms with Gasteiger partial charge in [0.05, 0.1) is 21.2 Å². The molecule has 4 rings (SSSR count). The maximum Gasteiger partial charge on any atom is 0.416 e. The Morgan fingerprint density at radius 3 is 2.26 bits per heavy atom. The molecule has 1 aliphatic rings. The van der Waals surface area contributed by atoms with Gasteiger partial charge in [0.1, 0.15) is 11.3 Å². The van der Waals surface area contributed by atoms with Crippen LogP contribution in [-0.4, -0.2) is 22.8 Å². The second-order valence-corrected chi connectivity index (χ2v) is 8.99. The van der Waals surface area contributed by atoms with Gasteiger partial charge >= 0.3 is 17.9 Å². The molecule has 0 aliphatic carbocycles. The summed E-state index contributed by atoms with van der Waals surface area (Å²) in [6.45, 7) is 0. The maximum atomic E-state index is 13.0. The number of nitro groups is 1. The van der Waals surface area contributed by atoms with Crippen molar-refractivity contribution < 1.29 is 37.2 Å². The Morgan fingerprint density at radius 1 is 1.00 bits per heavy atom. The molecule has 4 amide bonds. The Bertz CT molecular complexity index is 1530. The summed E-state index contributed by atoms with van der Waals surface area (Å²) in [5.41, 5.74) is -2.09. The zero-order valence-corrected chi connectivity index (χ0v) is 20.9. The molecule has 0 unspecified atom stereocenters. The van der Waals surface area contributed by atoms with Crippen molar-refractivity contribution in [1.29, 1.82) is 0 Å². The number of alkyl halides is 3. The van der Waals surface area contributed by atoms with Crippen LogP contribution in [0.25, 0.3) is 6.08 Å². The number of hydrogen-bond donors (Lipinski definition) is 1. The SMILES string of the molecule is O=C1NC(=O)N(c2ccc(Br)cc2)C(=O)/C1=C/c1ccc(Oc2ccc(C(F)(F)F)cc2[N+](=O)[O-])c(Cl)c1. The van der Waals surface area contributed by atoms with Crippen LogP contribution in [0.1, 0.15) is 11.1 Å². The molecule has 38 heavy (non-hydrogen) atoms. The van der Waals surface area contributed by atoms with Gasteiger partial charge in [-0.3, -0.25) is 25.0 Å². The highest BCUT2D eigenvalue weighted by molar-refractivity contribution is 9.10. The van der Waals surface area contributed by atoms with E-state index in [-0.39, 0.29) is 27.6 Å². The number of barbiturate groups is 1. The number of urea groups is 1. The van der Waals surface area contributed by atoms with Crippen LogP contribution in [0.15, 0.2) is 70.7 Å². The Hall–Kier alpha value is -4.23. The summed E-state index contributed by atoms with van der Waals surface area (Å²) >= 11 is 9.46. The number of benzene rings is 3. The largest absolute Gasteiger partial charge is 0.449 e. The third-order valence-electron chi connectivity index (χ3n) is 5.16. The van der Waals surface area contributed by atoms with E-state index in [1.54, 1.807) is 12.1 Å². The van der Waals surface area contributed by atoms with Crippen molar-refractivity contribution in [2.45, 2.75) is 6.18 Å². The van der Waals surface area contributed by atoms with E-state index in [2.05, 4.69) is 21.2 Å². The molecule has 1 heterocycles. The Balaban J connectivity index is 1.63. The molecule has 0 bridgehead atoms. The predicted molar refractivity (Wildman–Crippen MR) is 133 cm³/mol. The minimum atomic E-state index is -4.80. The van der Waals surface area contributed by atoms with E-state index in [0.29, 0.717) is 16.6 Å². The standard InChI is InChI=1S/C24H12BrClF3N3O6/c25-14-3-5-15(6-4-14)31-22(34)16(21(33)30-23(31)35)9-12-1-7-19(17(26)10-12)38-20-8-2-13(24(27,28)29)11-18(20)32(36)37/h1-11H,(H,30,33,35)/b16-9+. The number of nitrogens with zero attached hydrogens (tertiary/aromatic N) is 2. The first-order chi connectivity index (χ1) is 17.8. The Morgan fingerprint density at radius 2 is 1.66 bits per heavy atom. The second kappa shape index (κ2) is 10.3. The minimum absolute atomic E-state index is 0.127. The van der Waals surface area contributed by atoms with Crippen LogP contribution in [0.5, 0.6) is 11.5 Å². The van der Waals surface area contributed by atoms with Crippen molar-refractivity contribution in [1.82, 2.24) is 5.32 Å². The molecule has 14 heteroatoms. The summed E-state index contributed by atoms with van der Waals surface area (Å²) < 4.78 is 44.9. The predicted octanol–water partition coefficient (Wildman–Crippen LogP) is 6.49. The number of anilines is 1. The number of amides is 4. The number of ether oxygens (including phenoxy) is 1. The Kier molecular flexibility index (Phi) is 7.24. The van der Waals surface area contributed by atoms with Gasteiger partial charge in [-0.1, -0.05) is 33.6 Å². The van der Waals surface area contributed by atoms with Crippen LogP contribution in [0, 0.1) is 10.1 Å². The van der Waals surface area contributed by atoms with Crippen molar-refractivity contribution >= 4 is 62.8 Å². The summed E-state index contributed by atoms with van der Waals surface area (Å²) in [7, 11) is 0. The van der Waals surface area contributed by atoms with Crippen LogP contribution in [0.2, 0.25) is 5.02 Å². The van der Waals surface area contributed by atoms with Gasteiger partial charge in [0.25, 0.3) is 11.8 Å². The minimum Gasteiger partial charge on any atom is -0.449 e. The maximum absolute atomic E-state index is 13.0. The van der Waals surface area contributed by atoms with Crippen LogP contribution in [0.4, 0.5) is 29.3 Å². The van der Waals surface area contributed by atoms with Gasteiger partial charge < -0.3 is 4.74 Å². The highest BCUT2D eigenvalue weighted by atomic mass is 79.9. The lowest BCUT2D eigenvalue weighted by Gasteiger charge is -2.26. The summed E-state index contributed by atoms with van der Waals surface area (Å²) in [5, 5.41) is 13.3. The molecule has 1 fully saturated rings. The van der Waals surface area contributed by atoms with Gasteiger partial charge in [-0.05, 0) is 60.2 Å². The first-order valence-corrected chi connectivity index (χ1v) is 11.5. The third kappa shape index (κ3) is 5.53. The molecule has 0 aromatic heterocycles. The van der Waals surface area contributed by atoms with E-state index in [0.717, 1.165) is 11.0 Å². The molecule has 3 aromatic carbocycles. The molecule has 1 aliphatic heterocycles. The molecule has 0 spiro atoms. The zero-order chi connectivity index (χ0) is 27.8. The van der Waals surface area contributed by atoms with Crippen molar-refractivity contribution in [3.63, 3.8) is 0 Å². The van der Waals surface area contributed by atoms with Crippen LogP contribution < -0.4 is 15.0 Å². The number of imide groups is 2. The van der Waals surface area contributed by atoms with Crippen molar-refractivity contribution in [2.24, 2.45) is 0 Å². The topological polar surface area (TPSA) is 119 Å². The van der Waals surface area contributed by atoms with Crippen LogP contribution in [0.3, 0.4) is 0 Å². The van der Waals surface area contributed by atoms with Crippen molar-refractivity contribution in [3.8, 4) is 11.5 Å². The molecular weight excluding hydrogens is 599 g/mol. The van der Waals surface area contributed by atoms with E-state index in [4.69, 9.17) is 16.3 Å². The lowest BCUT2D eigenvalue weighted by molar-refractivity contribution is -0.385. The average molecular weight is 611 g/mol.